The number of morpholine rings is 1. The SMILES string of the molecule is CC(C)N(CCN=C(N)N1CCOCC1)C1CC1.I. The lowest BCUT2D eigenvalue weighted by molar-refractivity contribution is 0.0674. The minimum atomic E-state index is 0. The summed E-state index contributed by atoms with van der Waals surface area (Å²) in [4.78, 5) is 9.15. The van der Waals surface area contributed by atoms with Crippen LogP contribution in [0, 0.1) is 0 Å². The standard InChI is InChI=1S/C13H26N4O.HI/c1-11(2)17(12-3-4-12)6-5-15-13(14)16-7-9-18-10-8-16;/h11-12H,3-10H2,1-2H3,(H2,14,15);1H. The van der Waals surface area contributed by atoms with Crippen molar-refractivity contribution in [1.82, 2.24) is 9.80 Å². The monoisotopic (exact) mass is 382 g/mol. The Balaban J connectivity index is 0.00000180. The van der Waals surface area contributed by atoms with Crippen molar-refractivity contribution in [3.8, 4) is 0 Å². The minimum Gasteiger partial charge on any atom is -0.378 e. The van der Waals surface area contributed by atoms with Crippen molar-refractivity contribution >= 4 is 29.9 Å². The van der Waals surface area contributed by atoms with Crippen LogP contribution < -0.4 is 5.73 Å². The second kappa shape index (κ2) is 8.26. The molecule has 0 amide bonds. The van der Waals surface area contributed by atoms with Gasteiger partial charge in [-0.1, -0.05) is 0 Å². The smallest absolute Gasteiger partial charge is 0.191 e. The molecule has 0 atom stereocenters. The van der Waals surface area contributed by atoms with Crippen LogP contribution in [0.1, 0.15) is 26.7 Å². The van der Waals surface area contributed by atoms with Crippen LogP contribution >= 0.6 is 24.0 Å². The van der Waals surface area contributed by atoms with Crippen molar-refractivity contribution < 1.29 is 4.74 Å². The lowest BCUT2D eigenvalue weighted by Gasteiger charge is -2.28. The highest BCUT2D eigenvalue weighted by Crippen LogP contribution is 2.28. The van der Waals surface area contributed by atoms with E-state index in [9.17, 15) is 0 Å². The fraction of sp³-hybridized carbons (Fsp3) is 0.923. The second-order valence-electron chi connectivity index (χ2n) is 5.40. The van der Waals surface area contributed by atoms with Gasteiger partial charge in [-0.3, -0.25) is 9.89 Å². The fourth-order valence-electron chi connectivity index (χ4n) is 2.44. The molecule has 1 saturated carbocycles. The van der Waals surface area contributed by atoms with Gasteiger partial charge in [-0.05, 0) is 26.7 Å². The lowest BCUT2D eigenvalue weighted by Crippen LogP contribution is -2.45. The maximum atomic E-state index is 6.00. The van der Waals surface area contributed by atoms with Crippen LogP contribution in [-0.2, 0) is 4.74 Å². The average molecular weight is 382 g/mol. The molecule has 2 aliphatic rings. The molecule has 5 nitrogen and oxygen atoms in total. The largest absolute Gasteiger partial charge is 0.378 e. The first-order valence-corrected chi connectivity index (χ1v) is 7.07. The van der Waals surface area contributed by atoms with Crippen molar-refractivity contribution in [2.45, 2.75) is 38.8 Å². The van der Waals surface area contributed by atoms with E-state index >= 15 is 0 Å². The third-order valence-electron chi connectivity index (χ3n) is 3.65. The fourth-order valence-corrected chi connectivity index (χ4v) is 2.44. The number of hydrogen-bond acceptors (Lipinski definition) is 3. The number of nitrogens with two attached hydrogens (primary N) is 1. The number of aliphatic imine (C=N–C) groups is 1. The van der Waals surface area contributed by atoms with Gasteiger partial charge >= 0.3 is 0 Å². The Bertz CT molecular complexity index is 286. The predicted molar refractivity (Wildman–Crippen MR) is 89.2 cm³/mol. The van der Waals surface area contributed by atoms with Crippen LogP contribution in [0.2, 0.25) is 0 Å². The molecule has 0 radical (unpaired) electrons. The highest BCUT2D eigenvalue weighted by Gasteiger charge is 2.30. The van der Waals surface area contributed by atoms with E-state index in [4.69, 9.17) is 10.5 Å². The van der Waals surface area contributed by atoms with Crippen LogP contribution in [0.3, 0.4) is 0 Å². The van der Waals surface area contributed by atoms with Crippen LogP contribution in [0.4, 0.5) is 0 Å². The predicted octanol–water partition coefficient (Wildman–Crippen LogP) is 1.12. The van der Waals surface area contributed by atoms with Crippen LogP contribution in [-0.4, -0.2) is 67.2 Å². The summed E-state index contributed by atoms with van der Waals surface area (Å²) in [6, 6.07) is 1.40. The molecule has 0 aromatic heterocycles. The number of guanidine groups is 1. The van der Waals surface area contributed by atoms with Crippen LogP contribution in [0.15, 0.2) is 4.99 Å². The molecule has 2 fully saturated rings. The number of rotatable bonds is 5. The molecule has 0 aromatic carbocycles. The van der Waals surface area contributed by atoms with Gasteiger partial charge in [0.2, 0.25) is 0 Å². The van der Waals surface area contributed by atoms with Crippen molar-refractivity contribution in [2.75, 3.05) is 39.4 Å². The Hall–Kier alpha value is -0.0800. The topological polar surface area (TPSA) is 54.1 Å². The van der Waals surface area contributed by atoms with Crippen LogP contribution in [0.25, 0.3) is 0 Å². The molecule has 0 bridgehead atoms. The zero-order valence-electron chi connectivity index (χ0n) is 12.0. The molecule has 112 valence electrons. The maximum absolute atomic E-state index is 6.00. The number of halogens is 1. The summed E-state index contributed by atoms with van der Waals surface area (Å²) in [6.45, 7) is 9.59. The zero-order valence-corrected chi connectivity index (χ0v) is 14.4. The van der Waals surface area contributed by atoms with Crippen molar-refractivity contribution in [3.05, 3.63) is 0 Å². The molecule has 0 aromatic rings. The van der Waals surface area contributed by atoms with Gasteiger partial charge in [0.05, 0.1) is 19.8 Å². The minimum absolute atomic E-state index is 0. The molecule has 1 heterocycles. The van der Waals surface area contributed by atoms with E-state index in [1.165, 1.54) is 12.8 Å². The Morgan fingerprint density at radius 1 is 1.37 bits per heavy atom. The lowest BCUT2D eigenvalue weighted by atomic mass is 10.3. The van der Waals surface area contributed by atoms with Gasteiger partial charge in [-0.25, -0.2) is 0 Å². The Kier molecular flexibility index (Phi) is 7.38. The van der Waals surface area contributed by atoms with E-state index in [-0.39, 0.29) is 24.0 Å². The van der Waals surface area contributed by atoms with Gasteiger partial charge in [-0.15, -0.1) is 24.0 Å². The molecular weight excluding hydrogens is 355 g/mol. The molecule has 1 saturated heterocycles. The molecule has 6 heteroatoms. The zero-order chi connectivity index (χ0) is 13.0. The Labute approximate surface area is 133 Å². The number of hydrogen-bond donors (Lipinski definition) is 1. The number of nitrogens with zero attached hydrogens (tertiary/aromatic N) is 3. The molecule has 0 spiro atoms. The first-order chi connectivity index (χ1) is 8.68. The molecule has 2 rings (SSSR count). The highest BCUT2D eigenvalue weighted by molar-refractivity contribution is 14.0. The third kappa shape index (κ3) is 5.43. The summed E-state index contributed by atoms with van der Waals surface area (Å²) >= 11 is 0. The van der Waals surface area contributed by atoms with Crippen LogP contribution in [0.5, 0.6) is 0 Å². The van der Waals surface area contributed by atoms with Crippen molar-refractivity contribution in [3.63, 3.8) is 0 Å². The summed E-state index contributed by atoms with van der Waals surface area (Å²) in [5.41, 5.74) is 6.00. The highest BCUT2D eigenvalue weighted by atomic mass is 127. The summed E-state index contributed by atoms with van der Waals surface area (Å²) in [5.74, 6) is 0.679. The first kappa shape index (κ1) is 17.0. The second-order valence-corrected chi connectivity index (χ2v) is 5.40. The van der Waals surface area contributed by atoms with Gasteiger partial charge in [-0.2, -0.15) is 0 Å². The van der Waals surface area contributed by atoms with E-state index in [1.807, 2.05) is 0 Å². The van der Waals surface area contributed by atoms with E-state index in [0.29, 0.717) is 12.0 Å². The third-order valence-corrected chi connectivity index (χ3v) is 3.65. The van der Waals surface area contributed by atoms with Gasteiger partial charge in [0, 0.05) is 31.7 Å². The summed E-state index contributed by atoms with van der Waals surface area (Å²) in [7, 11) is 0. The van der Waals surface area contributed by atoms with E-state index in [2.05, 4.69) is 28.6 Å². The van der Waals surface area contributed by atoms with Gasteiger partial charge in [0.1, 0.15) is 0 Å². The van der Waals surface area contributed by atoms with E-state index < -0.39 is 0 Å². The van der Waals surface area contributed by atoms with Gasteiger partial charge < -0.3 is 15.4 Å². The molecule has 19 heavy (non-hydrogen) atoms. The first-order valence-electron chi connectivity index (χ1n) is 7.07. The van der Waals surface area contributed by atoms with Crippen molar-refractivity contribution in [1.29, 1.82) is 0 Å². The Morgan fingerprint density at radius 2 is 2.00 bits per heavy atom. The summed E-state index contributed by atoms with van der Waals surface area (Å²) < 4.78 is 5.30. The Morgan fingerprint density at radius 3 is 2.53 bits per heavy atom. The average Bonchev–Trinajstić information content (AvgIpc) is 3.19. The number of ether oxygens (including phenoxy) is 1. The van der Waals surface area contributed by atoms with E-state index in [0.717, 1.165) is 45.4 Å². The molecule has 0 unspecified atom stereocenters. The normalized spacial score (nSPS) is 20.8. The molecular formula is C13H27IN4O. The van der Waals surface area contributed by atoms with Gasteiger partial charge in [0.25, 0.3) is 0 Å². The summed E-state index contributed by atoms with van der Waals surface area (Å²) in [5, 5.41) is 0. The van der Waals surface area contributed by atoms with Gasteiger partial charge in [0.15, 0.2) is 5.96 Å². The molecule has 1 aliphatic carbocycles. The van der Waals surface area contributed by atoms with E-state index in [1.54, 1.807) is 0 Å². The molecule has 2 N–H and O–H groups in total. The summed E-state index contributed by atoms with van der Waals surface area (Å²) in [6.07, 6.45) is 2.70. The molecule has 1 aliphatic heterocycles. The maximum Gasteiger partial charge on any atom is 0.191 e. The quantitative estimate of drug-likeness (QED) is 0.440. The van der Waals surface area contributed by atoms with Crippen molar-refractivity contribution in [2.24, 2.45) is 10.7 Å².